The first kappa shape index (κ1) is 16.7. The van der Waals surface area contributed by atoms with Crippen molar-refractivity contribution in [3.8, 4) is 21.6 Å². The van der Waals surface area contributed by atoms with Crippen LogP contribution in [0.5, 0.6) is 0 Å². The third-order valence-electron chi connectivity index (χ3n) is 3.62. The van der Waals surface area contributed by atoms with E-state index in [-0.39, 0.29) is 0 Å². The molecule has 0 spiro atoms. The fourth-order valence-corrected chi connectivity index (χ4v) is 3.51. The van der Waals surface area contributed by atoms with Crippen LogP contribution >= 0.6 is 22.9 Å². The van der Waals surface area contributed by atoms with Crippen LogP contribution in [-0.2, 0) is 0 Å². The molecule has 0 aliphatic heterocycles. The van der Waals surface area contributed by atoms with Crippen LogP contribution in [0.4, 0.5) is 10.9 Å². The van der Waals surface area contributed by atoms with Gasteiger partial charge in [-0.1, -0.05) is 48.1 Å². The van der Waals surface area contributed by atoms with Gasteiger partial charge in [0.05, 0.1) is 4.88 Å². The third-order valence-corrected chi connectivity index (χ3v) is 4.94. The van der Waals surface area contributed by atoms with Gasteiger partial charge in [0.25, 0.3) is 0 Å². The SMILES string of the molecule is CCCNc1ncc(-c2cc(NC)ncc2-c2ccccc2Cl)s1. The molecule has 124 valence electrons. The van der Waals surface area contributed by atoms with Gasteiger partial charge in [-0.25, -0.2) is 9.97 Å². The number of halogens is 1. The fraction of sp³-hybridized carbons (Fsp3) is 0.222. The number of nitrogens with zero attached hydrogens (tertiary/aromatic N) is 2. The molecule has 1 aromatic carbocycles. The fourth-order valence-electron chi connectivity index (χ4n) is 2.40. The van der Waals surface area contributed by atoms with Gasteiger partial charge in [-0.05, 0) is 18.6 Å². The number of hydrogen-bond donors (Lipinski definition) is 2. The van der Waals surface area contributed by atoms with E-state index in [0.29, 0.717) is 5.02 Å². The van der Waals surface area contributed by atoms with Crippen molar-refractivity contribution in [2.24, 2.45) is 0 Å². The van der Waals surface area contributed by atoms with Crippen molar-refractivity contribution in [1.82, 2.24) is 9.97 Å². The first-order valence-corrected chi connectivity index (χ1v) is 9.05. The van der Waals surface area contributed by atoms with Crippen molar-refractivity contribution < 1.29 is 0 Å². The van der Waals surface area contributed by atoms with Crippen LogP contribution in [0, 0.1) is 0 Å². The first-order chi connectivity index (χ1) is 11.7. The number of pyridine rings is 1. The van der Waals surface area contributed by atoms with E-state index in [4.69, 9.17) is 11.6 Å². The molecule has 0 atom stereocenters. The number of rotatable bonds is 6. The predicted molar refractivity (Wildman–Crippen MR) is 104 cm³/mol. The van der Waals surface area contributed by atoms with Crippen LogP contribution in [0.3, 0.4) is 0 Å². The van der Waals surface area contributed by atoms with E-state index >= 15 is 0 Å². The van der Waals surface area contributed by atoms with Gasteiger partial charge in [-0.3, -0.25) is 0 Å². The Kier molecular flexibility index (Phi) is 5.33. The zero-order chi connectivity index (χ0) is 16.9. The van der Waals surface area contributed by atoms with Crippen LogP contribution < -0.4 is 10.6 Å². The van der Waals surface area contributed by atoms with Gasteiger partial charge in [-0.2, -0.15) is 0 Å². The van der Waals surface area contributed by atoms with Crippen LogP contribution in [0.2, 0.25) is 5.02 Å². The van der Waals surface area contributed by atoms with E-state index in [1.54, 1.807) is 11.3 Å². The van der Waals surface area contributed by atoms with Crippen molar-refractivity contribution in [2.45, 2.75) is 13.3 Å². The third kappa shape index (κ3) is 3.52. The van der Waals surface area contributed by atoms with Crippen LogP contribution in [0.15, 0.2) is 42.7 Å². The maximum absolute atomic E-state index is 6.40. The second kappa shape index (κ2) is 7.64. The molecule has 3 aromatic rings. The van der Waals surface area contributed by atoms with Gasteiger partial charge < -0.3 is 10.6 Å². The Morgan fingerprint density at radius 3 is 2.67 bits per heavy atom. The zero-order valence-corrected chi connectivity index (χ0v) is 15.2. The molecule has 0 aliphatic carbocycles. The highest BCUT2D eigenvalue weighted by Crippen LogP contribution is 2.39. The monoisotopic (exact) mass is 358 g/mol. The second-order valence-electron chi connectivity index (χ2n) is 5.30. The van der Waals surface area contributed by atoms with E-state index in [9.17, 15) is 0 Å². The summed E-state index contributed by atoms with van der Waals surface area (Å²) in [4.78, 5) is 10.0. The summed E-state index contributed by atoms with van der Waals surface area (Å²) in [5.41, 5.74) is 3.05. The molecular weight excluding hydrogens is 340 g/mol. The maximum atomic E-state index is 6.40. The summed E-state index contributed by atoms with van der Waals surface area (Å²) in [5.74, 6) is 0.817. The highest BCUT2D eigenvalue weighted by molar-refractivity contribution is 7.18. The summed E-state index contributed by atoms with van der Waals surface area (Å²) >= 11 is 8.04. The lowest BCUT2D eigenvalue weighted by molar-refractivity contribution is 0.976. The molecule has 0 unspecified atom stereocenters. The van der Waals surface area contributed by atoms with Crippen LogP contribution in [-0.4, -0.2) is 23.6 Å². The van der Waals surface area contributed by atoms with Crippen molar-refractivity contribution in [3.63, 3.8) is 0 Å². The Labute approximate surface area is 150 Å². The van der Waals surface area contributed by atoms with Gasteiger partial charge >= 0.3 is 0 Å². The molecule has 0 radical (unpaired) electrons. The number of aromatic nitrogens is 2. The summed E-state index contributed by atoms with van der Waals surface area (Å²) in [5, 5.41) is 8.07. The van der Waals surface area contributed by atoms with Crippen LogP contribution in [0.25, 0.3) is 21.6 Å². The molecule has 24 heavy (non-hydrogen) atoms. The quantitative estimate of drug-likeness (QED) is 0.620. The minimum atomic E-state index is 0.714. The number of thiazole rings is 1. The lowest BCUT2D eigenvalue weighted by Gasteiger charge is -2.11. The predicted octanol–water partition coefficient (Wildman–Crippen LogP) is 5.39. The highest BCUT2D eigenvalue weighted by Gasteiger charge is 2.14. The number of nitrogens with one attached hydrogen (secondary N) is 2. The molecule has 6 heteroatoms. The normalized spacial score (nSPS) is 10.6. The average molecular weight is 359 g/mol. The molecule has 2 aromatic heterocycles. The van der Waals surface area contributed by atoms with Gasteiger partial charge in [0.15, 0.2) is 5.13 Å². The number of hydrogen-bond acceptors (Lipinski definition) is 5. The Balaban J connectivity index is 2.08. The van der Waals surface area contributed by atoms with Gasteiger partial charge in [0.1, 0.15) is 5.82 Å². The minimum absolute atomic E-state index is 0.714. The largest absolute Gasteiger partial charge is 0.373 e. The minimum Gasteiger partial charge on any atom is -0.373 e. The number of anilines is 2. The lowest BCUT2D eigenvalue weighted by Crippen LogP contribution is -1.97. The van der Waals surface area contributed by atoms with Gasteiger partial charge in [0, 0.05) is 47.7 Å². The Bertz CT molecular complexity index is 831. The van der Waals surface area contributed by atoms with Gasteiger partial charge in [-0.15, -0.1) is 0 Å². The molecule has 0 aliphatic rings. The summed E-state index contributed by atoms with van der Waals surface area (Å²) in [6, 6.07) is 9.86. The smallest absolute Gasteiger partial charge is 0.183 e. The van der Waals surface area contributed by atoms with Crippen molar-refractivity contribution in [3.05, 3.63) is 47.7 Å². The molecule has 3 rings (SSSR count). The van der Waals surface area contributed by atoms with Crippen molar-refractivity contribution in [1.29, 1.82) is 0 Å². The summed E-state index contributed by atoms with van der Waals surface area (Å²) in [7, 11) is 1.86. The molecular formula is C18H19ClN4S. The molecule has 2 N–H and O–H groups in total. The summed E-state index contributed by atoms with van der Waals surface area (Å²) in [6.07, 6.45) is 4.83. The lowest BCUT2D eigenvalue weighted by atomic mass is 10.0. The molecule has 0 saturated heterocycles. The molecule has 0 fully saturated rings. The maximum Gasteiger partial charge on any atom is 0.183 e. The van der Waals surface area contributed by atoms with E-state index in [1.807, 2.05) is 49.8 Å². The van der Waals surface area contributed by atoms with Crippen molar-refractivity contribution in [2.75, 3.05) is 24.2 Å². The molecule has 4 nitrogen and oxygen atoms in total. The number of benzene rings is 1. The summed E-state index contributed by atoms with van der Waals surface area (Å²) in [6.45, 7) is 3.06. The second-order valence-corrected chi connectivity index (χ2v) is 6.74. The molecule has 0 amide bonds. The molecule has 2 heterocycles. The zero-order valence-electron chi connectivity index (χ0n) is 13.6. The molecule has 0 bridgehead atoms. The molecule has 0 saturated carbocycles. The summed E-state index contributed by atoms with van der Waals surface area (Å²) < 4.78 is 0. The van der Waals surface area contributed by atoms with Crippen molar-refractivity contribution >= 4 is 33.9 Å². The average Bonchev–Trinajstić information content (AvgIpc) is 3.09. The van der Waals surface area contributed by atoms with E-state index in [2.05, 4.69) is 27.5 Å². The van der Waals surface area contributed by atoms with E-state index < -0.39 is 0 Å². The van der Waals surface area contributed by atoms with Crippen LogP contribution in [0.1, 0.15) is 13.3 Å². The first-order valence-electron chi connectivity index (χ1n) is 7.85. The highest BCUT2D eigenvalue weighted by atomic mass is 35.5. The standard InChI is InChI=1S/C18H19ClN4S/c1-3-8-21-18-23-11-16(24-18)13-9-17(20-2)22-10-14(13)12-6-4-5-7-15(12)19/h4-7,9-11H,3,8H2,1-2H3,(H,20,22)(H,21,23). The Morgan fingerprint density at radius 2 is 1.92 bits per heavy atom. The van der Waals surface area contributed by atoms with E-state index in [0.717, 1.165) is 45.5 Å². The van der Waals surface area contributed by atoms with Gasteiger partial charge in [0.2, 0.25) is 0 Å². The van der Waals surface area contributed by atoms with E-state index in [1.165, 1.54) is 0 Å². The topological polar surface area (TPSA) is 49.8 Å². The Hall–Kier alpha value is -2.11. The Morgan fingerprint density at radius 1 is 1.08 bits per heavy atom.